The van der Waals surface area contributed by atoms with E-state index in [1.807, 2.05) is 6.92 Å². The Hall–Kier alpha value is -0.450. The molecule has 0 spiro atoms. The molecule has 1 aromatic heterocycles. The first kappa shape index (κ1) is 13.0. The van der Waals surface area contributed by atoms with E-state index in [0.29, 0.717) is 0 Å². The molecule has 0 radical (unpaired) electrons. The fraction of sp³-hybridized carbons (Fsp3) is 0.769. The predicted molar refractivity (Wildman–Crippen MR) is 73.0 cm³/mol. The van der Waals surface area contributed by atoms with Crippen LogP contribution >= 0.6 is 11.3 Å². The summed E-state index contributed by atoms with van der Waals surface area (Å²) in [5, 5.41) is 3.22. The van der Waals surface area contributed by atoms with Crippen LogP contribution in [0.3, 0.4) is 0 Å². The average molecular weight is 253 g/mol. The van der Waals surface area contributed by atoms with Crippen LogP contribution in [0.25, 0.3) is 0 Å². The van der Waals surface area contributed by atoms with E-state index in [-0.39, 0.29) is 6.04 Å². The fourth-order valence-corrected chi connectivity index (χ4v) is 3.23. The van der Waals surface area contributed by atoms with Crippen molar-refractivity contribution in [1.82, 2.24) is 9.88 Å². The lowest BCUT2D eigenvalue weighted by Gasteiger charge is -2.31. The SMILES string of the molecule is CCC1CCCN(Cc2csc(C(C)N)n2)C1. The van der Waals surface area contributed by atoms with Gasteiger partial charge in [-0.1, -0.05) is 13.3 Å². The van der Waals surface area contributed by atoms with Crippen molar-refractivity contribution < 1.29 is 0 Å². The summed E-state index contributed by atoms with van der Waals surface area (Å²) in [5.74, 6) is 0.885. The van der Waals surface area contributed by atoms with Crippen LogP contribution in [0.15, 0.2) is 5.38 Å². The van der Waals surface area contributed by atoms with Crippen molar-refractivity contribution in [2.45, 2.75) is 45.7 Å². The Bertz CT molecular complexity index is 348. The van der Waals surface area contributed by atoms with Crippen LogP contribution in [-0.4, -0.2) is 23.0 Å². The number of likely N-dealkylation sites (tertiary alicyclic amines) is 1. The van der Waals surface area contributed by atoms with Gasteiger partial charge in [-0.05, 0) is 32.2 Å². The van der Waals surface area contributed by atoms with Gasteiger partial charge in [0.2, 0.25) is 0 Å². The van der Waals surface area contributed by atoms with Crippen molar-refractivity contribution in [1.29, 1.82) is 0 Å². The number of hydrogen-bond acceptors (Lipinski definition) is 4. The maximum absolute atomic E-state index is 5.84. The van der Waals surface area contributed by atoms with E-state index in [9.17, 15) is 0 Å². The summed E-state index contributed by atoms with van der Waals surface area (Å²) in [7, 11) is 0. The number of nitrogens with two attached hydrogens (primary N) is 1. The van der Waals surface area contributed by atoms with E-state index in [1.165, 1.54) is 38.0 Å². The molecule has 2 rings (SSSR count). The highest BCUT2D eigenvalue weighted by Crippen LogP contribution is 2.22. The molecule has 1 aliphatic heterocycles. The Labute approximate surface area is 108 Å². The third-order valence-electron chi connectivity index (χ3n) is 3.53. The number of nitrogens with zero attached hydrogens (tertiary/aromatic N) is 2. The molecule has 1 fully saturated rings. The summed E-state index contributed by atoms with van der Waals surface area (Å²) in [4.78, 5) is 7.15. The van der Waals surface area contributed by atoms with E-state index in [2.05, 4.69) is 22.2 Å². The summed E-state index contributed by atoms with van der Waals surface area (Å²) >= 11 is 1.69. The Morgan fingerprint density at radius 1 is 1.65 bits per heavy atom. The summed E-state index contributed by atoms with van der Waals surface area (Å²) in [6, 6.07) is 0.0681. The Morgan fingerprint density at radius 3 is 3.12 bits per heavy atom. The van der Waals surface area contributed by atoms with Crippen LogP contribution in [-0.2, 0) is 6.54 Å². The highest BCUT2D eigenvalue weighted by molar-refractivity contribution is 7.09. The zero-order chi connectivity index (χ0) is 12.3. The normalized spacial score (nSPS) is 23.8. The minimum Gasteiger partial charge on any atom is -0.322 e. The molecule has 0 amide bonds. The molecule has 96 valence electrons. The van der Waals surface area contributed by atoms with Crippen LogP contribution in [0.1, 0.15) is 49.9 Å². The Kier molecular flexibility index (Phi) is 4.54. The molecule has 1 aliphatic rings. The van der Waals surface area contributed by atoms with Gasteiger partial charge in [0.25, 0.3) is 0 Å². The van der Waals surface area contributed by atoms with Crippen LogP contribution in [0.5, 0.6) is 0 Å². The zero-order valence-electron chi connectivity index (χ0n) is 10.9. The molecule has 4 heteroatoms. The van der Waals surface area contributed by atoms with Crippen LogP contribution in [0.4, 0.5) is 0 Å². The van der Waals surface area contributed by atoms with Crippen LogP contribution in [0, 0.1) is 5.92 Å². The lowest BCUT2D eigenvalue weighted by atomic mass is 9.96. The molecule has 0 aliphatic carbocycles. The monoisotopic (exact) mass is 253 g/mol. The Morgan fingerprint density at radius 2 is 2.47 bits per heavy atom. The highest BCUT2D eigenvalue weighted by Gasteiger charge is 2.19. The number of rotatable bonds is 4. The van der Waals surface area contributed by atoms with Gasteiger partial charge in [-0.15, -0.1) is 11.3 Å². The molecule has 17 heavy (non-hydrogen) atoms. The molecule has 2 unspecified atom stereocenters. The first-order valence-electron chi connectivity index (χ1n) is 6.61. The summed E-state index contributed by atoms with van der Waals surface area (Å²) in [6.07, 6.45) is 4.04. The maximum Gasteiger partial charge on any atom is 0.109 e. The number of piperidine rings is 1. The van der Waals surface area contributed by atoms with E-state index < -0.39 is 0 Å². The molecule has 2 N–H and O–H groups in total. The van der Waals surface area contributed by atoms with Gasteiger partial charge in [-0.25, -0.2) is 4.98 Å². The number of thiazole rings is 1. The average Bonchev–Trinajstić information content (AvgIpc) is 2.78. The molecule has 1 saturated heterocycles. The fourth-order valence-electron chi connectivity index (χ4n) is 2.46. The lowest BCUT2D eigenvalue weighted by molar-refractivity contribution is 0.163. The molecule has 2 heterocycles. The molecule has 0 bridgehead atoms. The molecule has 3 nitrogen and oxygen atoms in total. The van der Waals surface area contributed by atoms with Crippen molar-refractivity contribution in [3.8, 4) is 0 Å². The van der Waals surface area contributed by atoms with Gasteiger partial charge in [0.1, 0.15) is 5.01 Å². The number of aromatic nitrogens is 1. The summed E-state index contributed by atoms with van der Waals surface area (Å²) < 4.78 is 0. The second-order valence-electron chi connectivity index (χ2n) is 5.12. The van der Waals surface area contributed by atoms with E-state index in [0.717, 1.165) is 17.5 Å². The largest absolute Gasteiger partial charge is 0.322 e. The predicted octanol–water partition coefficient (Wildman–Crippen LogP) is 2.78. The van der Waals surface area contributed by atoms with Gasteiger partial charge in [0.05, 0.1) is 11.7 Å². The Balaban J connectivity index is 1.91. The molecule has 0 saturated carbocycles. The molecule has 0 aromatic carbocycles. The van der Waals surface area contributed by atoms with Gasteiger partial charge < -0.3 is 5.73 Å². The third kappa shape index (κ3) is 3.50. The first-order valence-corrected chi connectivity index (χ1v) is 7.49. The summed E-state index contributed by atoms with van der Waals surface area (Å²) in [5.41, 5.74) is 7.03. The van der Waals surface area contributed by atoms with Crippen molar-refractivity contribution in [2.24, 2.45) is 11.7 Å². The highest BCUT2D eigenvalue weighted by atomic mass is 32.1. The van der Waals surface area contributed by atoms with E-state index in [4.69, 9.17) is 5.73 Å². The molecular formula is C13H23N3S. The van der Waals surface area contributed by atoms with Crippen LogP contribution < -0.4 is 5.73 Å². The minimum atomic E-state index is 0.0681. The van der Waals surface area contributed by atoms with E-state index in [1.54, 1.807) is 11.3 Å². The second kappa shape index (κ2) is 5.94. The summed E-state index contributed by atoms with van der Waals surface area (Å²) in [6.45, 7) is 7.75. The van der Waals surface area contributed by atoms with Crippen molar-refractivity contribution in [2.75, 3.05) is 13.1 Å². The maximum atomic E-state index is 5.84. The van der Waals surface area contributed by atoms with Gasteiger partial charge >= 0.3 is 0 Å². The van der Waals surface area contributed by atoms with Gasteiger partial charge in [0, 0.05) is 18.5 Å². The van der Waals surface area contributed by atoms with Crippen LogP contribution in [0.2, 0.25) is 0 Å². The molecule has 1 aromatic rings. The van der Waals surface area contributed by atoms with Gasteiger partial charge in [-0.2, -0.15) is 0 Å². The van der Waals surface area contributed by atoms with Gasteiger partial charge in [0.15, 0.2) is 0 Å². The quantitative estimate of drug-likeness (QED) is 0.897. The lowest BCUT2D eigenvalue weighted by Crippen LogP contribution is -2.34. The number of hydrogen-bond donors (Lipinski definition) is 1. The van der Waals surface area contributed by atoms with Gasteiger partial charge in [-0.3, -0.25) is 4.90 Å². The smallest absolute Gasteiger partial charge is 0.109 e. The van der Waals surface area contributed by atoms with Crippen molar-refractivity contribution in [3.05, 3.63) is 16.1 Å². The topological polar surface area (TPSA) is 42.1 Å². The third-order valence-corrected chi connectivity index (χ3v) is 4.62. The second-order valence-corrected chi connectivity index (χ2v) is 6.01. The first-order chi connectivity index (χ1) is 8.19. The zero-order valence-corrected chi connectivity index (χ0v) is 11.7. The van der Waals surface area contributed by atoms with E-state index >= 15 is 0 Å². The van der Waals surface area contributed by atoms with Crippen molar-refractivity contribution in [3.63, 3.8) is 0 Å². The molecular weight excluding hydrogens is 230 g/mol. The standard InChI is InChI=1S/C13H23N3S/c1-3-11-5-4-6-16(7-11)8-12-9-17-13(15-12)10(2)14/h9-11H,3-8,14H2,1-2H3. The van der Waals surface area contributed by atoms with Crippen molar-refractivity contribution >= 4 is 11.3 Å². The minimum absolute atomic E-state index is 0.0681. The molecule has 2 atom stereocenters.